The van der Waals surface area contributed by atoms with Crippen LogP contribution in [0.5, 0.6) is 0 Å². The molecule has 1 aliphatic rings. The van der Waals surface area contributed by atoms with Crippen LogP contribution in [-0.2, 0) is 4.74 Å². The van der Waals surface area contributed by atoms with Gasteiger partial charge in [0.25, 0.3) is 0 Å². The molecule has 1 aromatic carbocycles. The molecule has 3 nitrogen and oxygen atoms in total. The summed E-state index contributed by atoms with van der Waals surface area (Å²) >= 11 is 0. The second kappa shape index (κ2) is 6.71. The number of rotatable bonds is 4. The van der Waals surface area contributed by atoms with E-state index in [0.29, 0.717) is 17.5 Å². The topological polar surface area (TPSA) is 29.5 Å². The number of piperidine rings is 1. The van der Waals surface area contributed by atoms with Crippen LogP contribution in [0.2, 0.25) is 0 Å². The molecule has 1 aliphatic heterocycles. The van der Waals surface area contributed by atoms with E-state index < -0.39 is 0 Å². The second-order valence-electron chi connectivity index (χ2n) is 5.61. The minimum absolute atomic E-state index is 0.00114. The van der Waals surface area contributed by atoms with E-state index in [2.05, 4.69) is 25.3 Å². The molecule has 0 aromatic heterocycles. The van der Waals surface area contributed by atoms with Crippen LogP contribution in [0.3, 0.4) is 0 Å². The quantitative estimate of drug-likeness (QED) is 0.623. The molecule has 1 saturated heterocycles. The van der Waals surface area contributed by atoms with Gasteiger partial charge in [-0.05, 0) is 19.1 Å². The van der Waals surface area contributed by atoms with E-state index in [1.165, 1.54) is 0 Å². The summed E-state index contributed by atoms with van der Waals surface area (Å²) in [6, 6.07) is 9.62. The van der Waals surface area contributed by atoms with Gasteiger partial charge in [-0.15, -0.1) is 6.58 Å². The van der Waals surface area contributed by atoms with Crippen molar-refractivity contribution in [2.24, 2.45) is 5.92 Å². The molecule has 1 fully saturated rings. The van der Waals surface area contributed by atoms with Gasteiger partial charge in [-0.25, -0.2) is 4.79 Å². The number of likely N-dealkylation sites (tertiary alicyclic amines) is 1. The fraction of sp³-hybridized carbons (Fsp3) is 0.471. The molecular formula is C17H23NO2. The molecule has 0 saturated carbocycles. The standard InChI is InChI=1S/C17H23NO2/c1-4-10-18-12-13(2)16(11-14(18)3)20-17(19)15-8-6-5-7-9-15/h4-9,13-14,16H,1,10-12H2,2-3H3/t13-,14-,16+/m1/s1. The first-order valence-electron chi connectivity index (χ1n) is 7.22. The Labute approximate surface area is 121 Å². The number of nitrogens with zero attached hydrogens (tertiary/aromatic N) is 1. The highest BCUT2D eigenvalue weighted by molar-refractivity contribution is 5.89. The van der Waals surface area contributed by atoms with E-state index in [1.54, 1.807) is 12.1 Å². The third kappa shape index (κ3) is 3.48. The number of hydrogen-bond acceptors (Lipinski definition) is 3. The fourth-order valence-electron chi connectivity index (χ4n) is 2.75. The molecule has 0 spiro atoms. The lowest BCUT2D eigenvalue weighted by atomic mass is 9.91. The van der Waals surface area contributed by atoms with E-state index in [9.17, 15) is 4.79 Å². The minimum atomic E-state index is -0.216. The van der Waals surface area contributed by atoms with Crippen molar-refractivity contribution in [3.05, 3.63) is 48.6 Å². The molecule has 0 bridgehead atoms. The van der Waals surface area contributed by atoms with Gasteiger partial charge in [0.15, 0.2) is 0 Å². The van der Waals surface area contributed by atoms with Gasteiger partial charge in [-0.2, -0.15) is 0 Å². The molecule has 0 aliphatic carbocycles. The van der Waals surface area contributed by atoms with Crippen LogP contribution in [0.1, 0.15) is 30.6 Å². The van der Waals surface area contributed by atoms with Crippen LogP contribution in [0, 0.1) is 5.92 Å². The molecular weight excluding hydrogens is 250 g/mol. The van der Waals surface area contributed by atoms with Gasteiger partial charge in [-0.1, -0.05) is 31.2 Å². The zero-order valence-electron chi connectivity index (χ0n) is 12.3. The number of carbonyl (C=O) groups excluding carboxylic acids is 1. The maximum absolute atomic E-state index is 12.1. The molecule has 1 heterocycles. The fourth-order valence-corrected chi connectivity index (χ4v) is 2.75. The highest BCUT2D eigenvalue weighted by atomic mass is 16.5. The van der Waals surface area contributed by atoms with E-state index in [-0.39, 0.29) is 12.1 Å². The monoisotopic (exact) mass is 273 g/mol. The number of benzene rings is 1. The first kappa shape index (κ1) is 14.8. The van der Waals surface area contributed by atoms with Gasteiger partial charge < -0.3 is 4.74 Å². The predicted octanol–water partition coefficient (Wildman–Crippen LogP) is 3.13. The number of esters is 1. The second-order valence-corrected chi connectivity index (χ2v) is 5.61. The van der Waals surface area contributed by atoms with Gasteiger partial charge in [0.1, 0.15) is 6.10 Å². The Balaban J connectivity index is 1.97. The average Bonchev–Trinajstić information content (AvgIpc) is 2.45. The van der Waals surface area contributed by atoms with E-state index in [1.807, 2.05) is 24.3 Å². The summed E-state index contributed by atoms with van der Waals surface area (Å²) in [5, 5.41) is 0. The largest absolute Gasteiger partial charge is 0.458 e. The smallest absolute Gasteiger partial charge is 0.338 e. The van der Waals surface area contributed by atoms with Gasteiger partial charge in [-0.3, -0.25) is 4.90 Å². The van der Waals surface area contributed by atoms with Crippen LogP contribution in [0.15, 0.2) is 43.0 Å². The Bertz CT molecular complexity index is 457. The van der Waals surface area contributed by atoms with Gasteiger partial charge >= 0.3 is 5.97 Å². The lowest BCUT2D eigenvalue weighted by Gasteiger charge is -2.40. The van der Waals surface area contributed by atoms with E-state index in [4.69, 9.17) is 4.74 Å². The molecule has 2 rings (SSSR count). The van der Waals surface area contributed by atoms with Gasteiger partial charge in [0.2, 0.25) is 0 Å². The molecule has 3 atom stereocenters. The van der Waals surface area contributed by atoms with Crippen LogP contribution in [-0.4, -0.2) is 36.1 Å². The molecule has 20 heavy (non-hydrogen) atoms. The van der Waals surface area contributed by atoms with Gasteiger partial charge in [0, 0.05) is 31.5 Å². The third-order valence-electron chi connectivity index (χ3n) is 3.99. The maximum Gasteiger partial charge on any atom is 0.338 e. The van der Waals surface area contributed by atoms with E-state index >= 15 is 0 Å². The normalized spacial score (nSPS) is 27.0. The van der Waals surface area contributed by atoms with Crippen molar-refractivity contribution >= 4 is 5.97 Å². The first-order valence-corrected chi connectivity index (χ1v) is 7.22. The lowest BCUT2D eigenvalue weighted by molar-refractivity contribution is -0.0228. The maximum atomic E-state index is 12.1. The minimum Gasteiger partial charge on any atom is -0.458 e. The highest BCUT2D eigenvalue weighted by Gasteiger charge is 2.32. The van der Waals surface area contributed by atoms with Crippen molar-refractivity contribution in [3.63, 3.8) is 0 Å². The summed E-state index contributed by atoms with van der Waals surface area (Å²) in [7, 11) is 0. The molecule has 108 valence electrons. The molecule has 0 radical (unpaired) electrons. The number of hydrogen-bond donors (Lipinski definition) is 0. The Morgan fingerprint density at radius 3 is 2.75 bits per heavy atom. The Hall–Kier alpha value is -1.61. The number of carbonyl (C=O) groups is 1. The summed E-state index contributed by atoms with van der Waals surface area (Å²) in [6.07, 6.45) is 2.81. The zero-order chi connectivity index (χ0) is 14.5. The summed E-state index contributed by atoms with van der Waals surface area (Å²) in [4.78, 5) is 14.5. The molecule has 1 aromatic rings. The van der Waals surface area contributed by atoms with Crippen molar-refractivity contribution in [3.8, 4) is 0 Å². The zero-order valence-corrected chi connectivity index (χ0v) is 12.3. The van der Waals surface area contributed by atoms with Crippen molar-refractivity contribution in [1.29, 1.82) is 0 Å². The first-order chi connectivity index (χ1) is 9.61. The van der Waals surface area contributed by atoms with Crippen LogP contribution < -0.4 is 0 Å². The lowest BCUT2D eigenvalue weighted by Crippen LogP contribution is -2.48. The predicted molar refractivity (Wildman–Crippen MR) is 80.7 cm³/mol. The molecule has 3 heteroatoms. The Kier molecular flexibility index (Phi) is 4.96. The Morgan fingerprint density at radius 1 is 1.40 bits per heavy atom. The summed E-state index contributed by atoms with van der Waals surface area (Å²) in [5.41, 5.74) is 0.626. The third-order valence-corrected chi connectivity index (χ3v) is 3.99. The van der Waals surface area contributed by atoms with E-state index in [0.717, 1.165) is 19.5 Å². The van der Waals surface area contributed by atoms with Crippen LogP contribution >= 0.6 is 0 Å². The summed E-state index contributed by atoms with van der Waals surface area (Å²) < 4.78 is 5.70. The van der Waals surface area contributed by atoms with Crippen LogP contribution in [0.4, 0.5) is 0 Å². The van der Waals surface area contributed by atoms with Crippen molar-refractivity contribution in [2.45, 2.75) is 32.4 Å². The Morgan fingerprint density at radius 2 is 2.10 bits per heavy atom. The van der Waals surface area contributed by atoms with Gasteiger partial charge in [0.05, 0.1) is 5.56 Å². The van der Waals surface area contributed by atoms with Crippen molar-refractivity contribution in [2.75, 3.05) is 13.1 Å². The summed E-state index contributed by atoms with van der Waals surface area (Å²) in [6.45, 7) is 9.96. The number of ether oxygens (including phenoxy) is 1. The molecule has 0 amide bonds. The average molecular weight is 273 g/mol. The van der Waals surface area contributed by atoms with Crippen molar-refractivity contribution in [1.82, 2.24) is 4.90 Å². The molecule has 0 N–H and O–H groups in total. The molecule has 0 unspecified atom stereocenters. The van der Waals surface area contributed by atoms with Crippen molar-refractivity contribution < 1.29 is 9.53 Å². The summed E-state index contributed by atoms with van der Waals surface area (Å²) in [5.74, 6) is 0.130. The van der Waals surface area contributed by atoms with Crippen LogP contribution in [0.25, 0.3) is 0 Å². The SMILES string of the molecule is C=CCN1C[C@@H](C)[C@@H](OC(=O)c2ccccc2)C[C@H]1C. The highest BCUT2D eigenvalue weighted by Crippen LogP contribution is 2.25.